The lowest BCUT2D eigenvalue weighted by atomic mass is 9.97. The molecule has 1 fully saturated rings. The monoisotopic (exact) mass is 178 g/mol. The standard InChI is InChI=1S/C8H15ClO2/c1-8(6-10-2)5-7(9)3-4-11-8/h7H,3-6H2,1-2H3. The minimum absolute atomic E-state index is 0.153. The largest absolute Gasteiger partial charge is 0.382 e. The maximum Gasteiger partial charge on any atom is 0.0900 e. The van der Waals surface area contributed by atoms with Gasteiger partial charge in [0.25, 0.3) is 0 Å². The smallest absolute Gasteiger partial charge is 0.0900 e. The van der Waals surface area contributed by atoms with Crippen molar-refractivity contribution in [3.63, 3.8) is 0 Å². The first kappa shape index (κ1) is 9.30. The molecule has 0 aliphatic carbocycles. The van der Waals surface area contributed by atoms with E-state index in [1.165, 1.54) is 0 Å². The summed E-state index contributed by atoms with van der Waals surface area (Å²) >= 11 is 6.00. The Labute approximate surface area is 72.8 Å². The highest BCUT2D eigenvalue weighted by atomic mass is 35.5. The Kier molecular flexibility index (Phi) is 3.16. The van der Waals surface area contributed by atoms with Gasteiger partial charge in [-0.15, -0.1) is 11.6 Å². The topological polar surface area (TPSA) is 18.5 Å². The third-order valence-corrected chi connectivity index (χ3v) is 2.36. The molecule has 66 valence electrons. The van der Waals surface area contributed by atoms with Gasteiger partial charge >= 0.3 is 0 Å². The highest BCUT2D eigenvalue weighted by Crippen LogP contribution is 2.27. The van der Waals surface area contributed by atoms with Gasteiger partial charge in [0.1, 0.15) is 0 Å². The lowest BCUT2D eigenvalue weighted by molar-refractivity contribution is -0.102. The van der Waals surface area contributed by atoms with Crippen LogP contribution in [0.5, 0.6) is 0 Å². The van der Waals surface area contributed by atoms with Gasteiger partial charge in [-0.1, -0.05) is 0 Å². The summed E-state index contributed by atoms with van der Waals surface area (Å²) in [5.74, 6) is 0. The molecular weight excluding hydrogens is 164 g/mol. The van der Waals surface area contributed by atoms with Crippen molar-refractivity contribution >= 4 is 11.6 Å². The third-order valence-electron chi connectivity index (χ3n) is 1.98. The molecule has 0 N–H and O–H groups in total. The number of alkyl halides is 1. The van der Waals surface area contributed by atoms with E-state index in [-0.39, 0.29) is 11.0 Å². The Morgan fingerprint density at radius 2 is 2.45 bits per heavy atom. The molecule has 1 aliphatic heterocycles. The molecule has 0 aromatic heterocycles. The van der Waals surface area contributed by atoms with Crippen LogP contribution in [0.25, 0.3) is 0 Å². The molecule has 0 radical (unpaired) electrons. The summed E-state index contributed by atoms with van der Waals surface area (Å²) in [5, 5.41) is 0.254. The van der Waals surface area contributed by atoms with E-state index in [1.54, 1.807) is 7.11 Å². The van der Waals surface area contributed by atoms with E-state index in [0.717, 1.165) is 19.4 Å². The number of hydrogen-bond acceptors (Lipinski definition) is 2. The molecular formula is C8H15ClO2. The Balaban J connectivity index is 2.41. The van der Waals surface area contributed by atoms with Crippen molar-refractivity contribution in [2.75, 3.05) is 20.3 Å². The summed E-state index contributed by atoms with van der Waals surface area (Å²) in [7, 11) is 1.69. The second-order valence-corrected chi connectivity index (χ2v) is 3.94. The normalized spacial score (nSPS) is 39.0. The number of halogens is 1. The predicted molar refractivity (Wildman–Crippen MR) is 45.1 cm³/mol. The van der Waals surface area contributed by atoms with Crippen LogP contribution in [-0.2, 0) is 9.47 Å². The van der Waals surface area contributed by atoms with Crippen molar-refractivity contribution in [1.82, 2.24) is 0 Å². The Morgan fingerprint density at radius 3 is 3.00 bits per heavy atom. The van der Waals surface area contributed by atoms with Crippen molar-refractivity contribution in [2.45, 2.75) is 30.7 Å². The highest BCUT2D eigenvalue weighted by molar-refractivity contribution is 6.20. The van der Waals surface area contributed by atoms with Gasteiger partial charge in [0.2, 0.25) is 0 Å². The fourth-order valence-electron chi connectivity index (χ4n) is 1.47. The number of rotatable bonds is 2. The zero-order valence-electron chi connectivity index (χ0n) is 7.10. The van der Waals surface area contributed by atoms with E-state index in [9.17, 15) is 0 Å². The molecule has 0 spiro atoms. The second kappa shape index (κ2) is 3.74. The van der Waals surface area contributed by atoms with Crippen molar-refractivity contribution in [3.8, 4) is 0 Å². The van der Waals surface area contributed by atoms with Gasteiger partial charge in [0.05, 0.1) is 12.2 Å². The van der Waals surface area contributed by atoms with Crippen molar-refractivity contribution in [1.29, 1.82) is 0 Å². The first-order valence-corrected chi connectivity index (χ1v) is 4.37. The molecule has 3 heteroatoms. The lowest BCUT2D eigenvalue weighted by Crippen LogP contribution is -2.41. The SMILES string of the molecule is COCC1(C)CC(Cl)CCO1. The van der Waals surface area contributed by atoms with Crippen LogP contribution in [-0.4, -0.2) is 31.3 Å². The van der Waals surface area contributed by atoms with E-state index < -0.39 is 0 Å². The molecule has 0 aromatic carbocycles. The summed E-state index contributed by atoms with van der Waals surface area (Å²) in [5.41, 5.74) is -0.153. The van der Waals surface area contributed by atoms with E-state index in [1.807, 2.05) is 6.92 Å². The van der Waals surface area contributed by atoms with Crippen LogP contribution in [0.15, 0.2) is 0 Å². The average Bonchev–Trinajstić information content (AvgIpc) is 1.86. The van der Waals surface area contributed by atoms with Gasteiger partial charge in [-0.2, -0.15) is 0 Å². The van der Waals surface area contributed by atoms with E-state index in [4.69, 9.17) is 21.1 Å². The fourth-order valence-corrected chi connectivity index (χ4v) is 1.88. The van der Waals surface area contributed by atoms with Gasteiger partial charge in [0, 0.05) is 19.1 Å². The summed E-state index contributed by atoms with van der Waals surface area (Å²) in [6.45, 7) is 3.44. The molecule has 0 bridgehead atoms. The average molecular weight is 179 g/mol. The van der Waals surface area contributed by atoms with Crippen LogP contribution in [0, 0.1) is 0 Å². The molecule has 0 amide bonds. The zero-order valence-corrected chi connectivity index (χ0v) is 7.86. The Hall–Kier alpha value is 0.210. The van der Waals surface area contributed by atoms with Crippen molar-refractivity contribution in [3.05, 3.63) is 0 Å². The van der Waals surface area contributed by atoms with E-state index in [2.05, 4.69) is 0 Å². The number of hydrogen-bond donors (Lipinski definition) is 0. The summed E-state index contributed by atoms with van der Waals surface area (Å²) in [6, 6.07) is 0. The van der Waals surface area contributed by atoms with Gasteiger partial charge in [-0.05, 0) is 19.8 Å². The van der Waals surface area contributed by atoms with Crippen LogP contribution < -0.4 is 0 Å². The molecule has 1 aliphatic rings. The molecule has 1 rings (SSSR count). The minimum Gasteiger partial charge on any atom is -0.382 e. The molecule has 1 heterocycles. The molecule has 2 nitrogen and oxygen atoms in total. The van der Waals surface area contributed by atoms with Crippen LogP contribution in [0.4, 0.5) is 0 Å². The summed E-state index contributed by atoms with van der Waals surface area (Å²) < 4.78 is 10.6. The van der Waals surface area contributed by atoms with Gasteiger partial charge in [-0.3, -0.25) is 0 Å². The quantitative estimate of drug-likeness (QED) is 0.601. The van der Waals surface area contributed by atoms with Gasteiger partial charge in [0.15, 0.2) is 0 Å². The maximum absolute atomic E-state index is 6.00. The van der Waals surface area contributed by atoms with Crippen LogP contribution >= 0.6 is 11.6 Å². The van der Waals surface area contributed by atoms with Crippen molar-refractivity contribution < 1.29 is 9.47 Å². The Bertz CT molecular complexity index is 125. The molecule has 2 unspecified atom stereocenters. The Morgan fingerprint density at radius 1 is 1.73 bits per heavy atom. The lowest BCUT2D eigenvalue weighted by Gasteiger charge is -2.35. The van der Waals surface area contributed by atoms with Crippen LogP contribution in [0.3, 0.4) is 0 Å². The van der Waals surface area contributed by atoms with Crippen LogP contribution in [0.2, 0.25) is 0 Å². The zero-order chi connectivity index (χ0) is 8.32. The maximum atomic E-state index is 6.00. The summed E-state index contributed by atoms with van der Waals surface area (Å²) in [6.07, 6.45) is 1.85. The molecule has 11 heavy (non-hydrogen) atoms. The second-order valence-electron chi connectivity index (χ2n) is 3.32. The molecule has 0 saturated carbocycles. The minimum atomic E-state index is -0.153. The van der Waals surface area contributed by atoms with E-state index in [0.29, 0.717) is 6.61 Å². The first-order chi connectivity index (χ1) is 5.16. The van der Waals surface area contributed by atoms with Crippen LogP contribution in [0.1, 0.15) is 19.8 Å². The highest BCUT2D eigenvalue weighted by Gasteiger charge is 2.32. The molecule has 0 aromatic rings. The first-order valence-electron chi connectivity index (χ1n) is 3.93. The predicted octanol–water partition coefficient (Wildman–Crippen LogP) is 1.81. The van der Waals surface area contributed by atoms with Gasteiger partial charge in [-0.25, -0.2) is 0 Å². The number of methoxy groups -OCH3 is 1. The summed E-state index contributed by atoms with van der Waals surface area (Å²) in [4.78, 5) is 0. The van der Waals surface area contributed by atoms with Gasteiger partial charge < -0.3 is 9.47 Å². The number of ether oxygens (including phenoxy) is 2. The van der Waals surface area contributed by atoms with E-state index >= 15 is 0 Å². The molecule has 1 saturated heterocycles. The van der Waals surface area contributed by atoms with Crippen molar-refractivity contribution in [2.24, 2.45) is 0 Å². The fraction of sp³-hybridized carbons (Fsp3) is 1.00. The molecule has 2 atom stereocenters. The third kappa shape index (κ3) is 2.62.